The van der Waals surface area contributed by atoms with Crippen LogP contribution in [-0.2, 0) is 9.59 Å². The second-order valence-electron chi connectivity index (χ2n) is 6.70. The Hall–Kier alpha value is -1.36. The summed E-state index contributed by atoms with van der Waals surface area (Å²) in [5.74, 6) is -1.95. The number of rotatable bonds is 2. The monoisotopic (exact) mass is 279 g/mol. The Balaban J connectivity index is 1.79. The number of hydrogen-bond donors (Lipinski definition) is 2. The van der Waals surface area contributed by atoms with Crippen LogP contribution in [0.4, 0.5) is 0 Å². The van der Waals surface area contributed by atoms with Gasteiger partial charge in [0.05, 0.1) is 17.4 Å². The molecule has 110 valence electrons. The van der Waals surface area contributed by atoms with Crippen LogP contribution in [-0.4, -0.2) is 45.7 Å². The number of hydrogen-bond acceptors (Lipinski definition) is 3. The summed E-state index contributed by atoms with van der Waals surface area (Å²) in [5.41, 5.74) is -0.847. The molecule has 20 heavy (non-hydrogen) atoms. The van der Waals surface area contributed by atoms with Crippen molar-refractivity contribution in [1.82, 2.24) is 4.90 Å². The standard InChI is InChI=1S/C15H21NO4/c1-15(20)5-2-6-16(8-15)13(17)11-9-3-4-10(7-9)12(11)14(18)19/h3-4,9-12,20H,2,5-8H2,1H3,(H,18,19). The van der Waals surface area contributed by atoms with E-state index in [0.717, 1.165) is 12.8 Å². The molecule has 1 saturated heterocycles. The van der Waals surface area contributed by atoms with Gasteiger partial charge >= 0.3 is 5.97 Å². The maximum atomic E-state index is 12.7. The lowest BCUT2D eigenvalue weighted by molar-refractivity contribution is -0.153. The number of nitrogens with zero attached hydrogens (tertiary/aromatic N) is 1. The van der Waals surface area contributed by atoms with Crippen molar-refractivity contribution in [3.8, 4) is 0 Å². The maximum absolute atomic E-state index is 12.7. The van der Waals surface area contributed by atoms with E-state index < -0.39 is 23.4 Å². The number of β-amino-alcohol motifs (C(OH)–C–C–N with tert-alkyl or cyclic N) is 1. The average molecular weight is 279 g/mol. The molecule has 5 unspecified atom stereocenters. The Kier molecular flexibility index (Phi) is 3.12. The summed E-state index contributed by atoms with van der Waals surface area (Å²) in [5, 5.41) is 19.5. The van der Waals surface area contributed by atoms with Gasteiger partial charge < -0.3 is 15.1 Å². The lowest BCUT2D eigenvalue weighted by atomic mass is 9.81. The first kappa shape index (κ1) is 13.6. The van der Waals surface area contributed by atoms with Crippen LogP contribution in [0.15, 0.2) is 12.2 Å². The third-order valence-electron chi connectivity index (χ3n) is 5.02. The highest BCUT2D eigenvalue weighted by Crippen LogP contribution is 2.49. The highest BCUT2D eigenvalue weighted by atomic mass is 16.4. The largest absolute Gasteiger partial charge is 0.481 e. The number of aliphatic carboxylic acids is 1. The van der Waals surface area contributed by atoms with E-state index in [1.165, 1.54) is 0 Å². The van der Waals surface area contributed by atoms with Gasteiger partial charge in [0, 0.05) is 13.1 Å². The van der Waals surface area contributed by atoms with Crippen LogP contribution in [0.2, 0.25) is 0 Å². The van der Waals surface area contributed by atoms with Gasteiger partial charge in [-0.25, -0.2) is 0 Å². The van der Waals surface area contributed by atoms with E-state index in [2.05, 4.69) is 0 Å². The Labute approximate surface area is 118 Å². The molecule has 5 nitrogen and oxygen atoms in total. The topological polar surface area (TPSA) is 77.8 Å². The summed E-state index contributed by atoms with van der Waals surface area (Å²) in [6, 6.07) is 0. The molecule has 2 aliphatic carbocycles. The lowest BCUT2D eigenvalue weighted by Gasteiger charge is -2.39. The van der Waals surface area contributed by atoms with Crippen LogP contribution in [0.1, 0.15) is 26.2 Å². The van der Waals surface area contributed by atoms with Gasteiger partial charge in [0.25, 0.3) is 0 Å². The van der Waals surface area contributed by atoms with E-state index in [1.807, 2.05) is 12.2 Å². The van der Waals surface area contributed by atoms with E-state index >= 15 is 0 Å². The number of carbonyl (C=O) groups is 2. The number of amides is 1. The number of allylic oxidation sites excluding steroid dienone is 2. The van der Waals surface area contributed by atoms with Crippen molar-refractivity contribution in [2.45, 2.75) is 31.8 Å². The van der Waals surface area contributed by atoms with Gasteiger partial charge in [0.15, 0.2) is 0 Å². The van der Waals surface area contributed by atoms with Gasteiger partial charge in [-0.05, 0) is 38.0 Å². The molecular weight excluding hydrogens is 258 g/mol. The van der Waals surface area contributed by atoms with E-state index in [9.17, 15) is 19.8 Å². The molecule has 1 amide bonds. The predicted molar refractivity (Wildman–Crippen MR) is 71.8 cm³/mol. The second kappa shape index (κ2) is 4.58. The average Bonchev–Trinajstić information content (AvgIpc) is 2.96. The fourth-order valence-corrected chi connectivity index (χ4v) is 4.11. The predicted octanol–water partition coefficient (Wildman–Crippen LogP) is 0.883. The Morgan fingerprint density at radius 3 is 2.50 bits per heavy atom. The molecule has 0 aromatic carbocycles. The lowest BCUT2D eigenvalue weighted by Crippen LogP contribution is -2.52. The first-order valence-corrected chi connectivity index (χ1v) is 7.31. The van der Waals surface area contributed by atoms with Crippen LogP contribution in [0.25, 0.3) is 0 Å². The molecule has 5 heteroatoms. The minimum Gasteiger partial charge on any atom is -0.481 e. The van der Waals surface area contributed by atoms with Crippen LogP contribution in [0.5, 0.6) is 0 Å². The van der Waals surface area contributed by atoms with Gasteiger partial charge in [-0.1, -0.05) is 12.2 Å². The van der Waals surface area contributed by atoms with Gasteiger partial charge in [0.2, 0.25) is 5.91 Å². The zero-order valence-corrected chi connectivity index (χ0v) is 11.7. The number of fused-ring (bicyclic) bond motifs is 2. The van der Waals surface area contributed by atoms with E-state index in [-0.39, 0.29) is 17.7 Å². The van der Waals surface area contributed by atoms with Crippen molar-refractivity contribution in [2.24, 2.45) is 23.7 Å². The molecular formula is C15H21NO4. The first-order valence-electron chi connectivity index (χ1n) is 7.31. The Morgan fingerprint density at radius 1 is 1.25 bits per heavy atom. The molecule has 2 N–H and O–H groups in total. The number of likely N-dealkylation sites (tertiary alicyclic amines) is 1. The number of carbonyl (C=O) groups excluding carboxylic acids is 1. The first-order chi connectivity index (χ1) is 9.39. The van der Waals surface area contributed by atoms with Crippen molar-refractivity contribution < 1.29 is 19.8 Å². The SMILES string of the molecule is CC1(O)CCCN(C(=O)C2C3C=CC(C3)C2C(=O)O)C1. The number of aliphatic hydroxyl groups is 1. The van der Waals surface area contributed by atoms with Crippen LogP contribution < -0.4 is 0 Å². The molecule has 2 bridgehead atoms. The third-order valence-corrected chi connectivity index (χ3v) is 5.02. The smallest absolute Gasteiger partial charge is 0.307 e. The third kappa shape index (κ3) is 2.14. The summed E-state index contributed by atoms with van der Waals surface area (Å²) >= 11 is 0. The molecule has 1 saturated carbocycles. The zero-order chi connectivity index (χ0) is 14.5. The maximum Gasteiger partial charge on any atom is 0.307 e. The van der Waals surface area contributed by atoms with E-state index in [1.54, 1.807) is 11.8 Å². The van der Waals surface area contributed by atoms with Crippen LogP contribution in [0, 0.1) is 23.7 Å². The van der Waals surface area contributed by atoms with Gasteiger partial charge in [0.1, 0.15) is 0 Å². The number of carboxylic acids is 1. The number of carboxylic acid groups (broad SMARTS) is 1. The van der Waals surface area contributed by atoms with E-state index in [0.29, 0.717) is 19.5 Å². The molecule has 0 spiro atoms. The number of piperidine rings is 1. The molecule has 0 aromatic rings. The fraction of sp³-hybridized carbons (Fsp3) is 0.733. The highest BCUT2D eigenvalue weighted by molar-refractivity contribution is 5.87. The summed E-state index contributed by atoms with van der Waals surface area (Å²) in [6.07, 6.45) is 6.18. The fourth-order valence-electron chi connectivity index (χ4n) is 4.11. The van der Waals surface area contributed by atoms with E-state index in [4.69, 9.17) is 0 Å². The van der Waals surface area contributed by atoms with Crippen molar-refractivity contribution >= 4 is 11.9 Å². The van der Waals surface area contributed by atoms with Gasteiger partial charge in [-0.2, -0.15) is 0 Å². The zero-order valence-electron chi connectivity index (χ0n) is 11.7. The molecule has 2 fully saturated rings. The quantitative estimate of drug-likeness (QED) is 0.736. The second-order valence-corrected chi connectivity index (χ2v) is 6.70. The van der Waals surface area contributed by atoms with Gasteiger partial charge in [-0.3, -0.25) is 9.59 Å². The van der Waals surface area contributed by atoms with Crippen molar-refractivity contribution in [3.05, 3.63) is 12.2 Å². The molecule has 1 heterocycles. The molecule has 3 rings (SSSR count). The normalized spacial score (nSPS) is 43.0. The van der Waals surface area contributed by atoms with Crippen molar-refractivity contribution in [3.63, 3.8) is 0 Å². The molecule has 0 radical (unpaired) electrons. The van der Waals surface area contributed by atoms with Crippen LogP contribution >= 0.6 is 0 Å². The highest BCUT2D eigenvalue weighted by Gasteiger charge is 2.53. The summed E-state index contributed by atoms with van der Waals surface area (Å²) in [7, 11) is 0. The van der Waals surface area contributed by atoms with Gasteiger partial charge in [-0.15, -0.1) is 0 Å². The summed E-state index contributed by atoms with van der Waals surface area (Å²) in [6.45, 7) is 2.68. The Morgan fingerprint density at radius 2 is 1.90 bits per heavy atom. The molecule has 5 atom stereocenters. The van der Waals surface area contributed by atoms with Crippen molar-refractivity contribution in [2.75, 3.05) is 13.1 Å². The molecule has 0 aromatic heterocycles. The molecule has 1 aliphatic heterocycles. The Bertz CT molecular complexity index is 470. The molecule has 3 aliphatic rings. The minimum absolute atomic E-state index is 0.00301. The van der Waals surface area contributed by atoms with Crippen molar-refractivity contribution in [1.29, 1.82) is 0 Å². The summed E-state index contributed by atoms with van der Waals surface area (Å²) in [4.78, 5) is 25.8. The summed E-state index contributed by atoms with van der Waals surface area (Å²) < 4.78 is 0. The van der Waals surface area contributed by atoms with Crippen LogP contribution in [0.3, 0.4) is 0 Å². The minimum atomic E-state index is -0.871.